The van der Waals surface area contributed by atoms with Crippen LogP contribution in [0.25, 0.3) is 0 Å². The van der Waals surface area contributed by atoms with Gasteiger partial charge >= 0.3 is 6.47 Å². The van der Waals surface area contributed by atoms with Crippen molar-refractivity contribution in [1.29, 1.82) is 0 Å². The van der Waals surface area contributed by atoms with Gasteiger partial charge in [0.2, 0.25) is 0 Å². The summed E-state index contributed by atoms with van der Waals surface area (Å²) in [6.45, 7) is 0.773. The fourth-order valence-corrected chi connectivity index (χ4v) is 1.45. The topological polar surface area (TPSA) is 63.7 Å². The molecule has 5 nitrogen and oxygen atoms in total. The molecular weight excluding hydrogens is 198 g/mol. The second-order valence-corrected chi connectivity index (χ2v) is 2.94. The zero-order valence-corrected chi connectivity index (χ0v) is 7.60. The van der Waals surface area contributed by atoms with E-state index in [0.29, 0.717) is 11.1 Å². The minimum atomic E-state index is -0.453. The molecule has 0 saturated heterocycles. The van der Waals surface area contributed by atoms with Gasteiger partial charge in [-0.3, -0.25) is 9.59 Å². The zero-order valence-electron chi connectivity index (χ0n) is 7.60. The van der Waals surface area contributed by atoms with Gasteiger partial charge in [-0.2, -0.15) is 0 Å². The Kier molecular flexibility index (Phi) is 2.21. The van der Waals surface area contributed by atoms with Crippen LogP contribution >= 0.6 is 0 Å². The number of ether oxygens (including phenoxy) is 1. The van der Waals surface area contributed by atoms with Gasteiger partial charge in [0.25, 0.3) is 11.8 Å². The average Bonchev–Trinajstić information content (AvgIpc) is 2.51. The standard InChI is InChI=1S/C10H6NO4/c12-6-15-5-11-9(13)7-3-1-2-4-8(7)10(11)14/h1-4H,5H2. The molecule has 0 aromatic heterocycles. The van der Waals surface area contributed by atoms with E-state index in [1.807, 2.05) is 0 Å². The van der Waals surface area contributed by atoms with Crippen LogP contribution < -0.4 is 0 Å². The Morgan fingerprint density at radius 1 is 1.13 bits per heavy atom. The van der Waals surface area contributed by atoms with Crippen molar-refractivity contribution in [3.63, 3.8) is 0 Å². The Morgan fingerprint density at radius 2 is 1.67 bits per heavy atom. The van der Waals surface area contributed by atoms with Crippen LogP contribution in [-0.4, -0.2) is 29.9 Å². The molecule has 0 atom stereocenters. The number of carbonyl (C=O) groups excluding carboxylic acids is 3. The van der Waals surface area contributed by atoms with Crippen LogP contribution in [0.5, 0.6) is 0 Å². The molecule has 2 rings (SSSR count). The van der Waals surface area contributed by atoms with Crippen molar-refractivity contribution in [2.45, 2.75) is 0 Å². The number of nitrogens with zero attached hydrogens (tertiary/aromatic N) is 1. The van der Waals surface area contributed by atoms with Crippen LogP contribution in [0, 0.1) is 0 Å². The van der Waals surface area contributed by atoms with E-state index in [4.69, 9.17) is 0 Å². The van der Waals surface area contributed by atoms with Crippen molar-refractivity contribution in [2.75, 3.05) is 6.73 Å². The summed E-state index contributed by atoms with van der Waals surface area (Å²) in [6, 6.07) is 6.45. The molecule has 1 aliphatic heterocycles. The van der Waals surface area contributed by atoms with Crippen molar-refractivity contribution in [1.82, 2.24) is 4.90 Å². The van der Waals surface area contributed by atoms with E-state index in [2.05, 4.69) is 4.74 Å². The molecule has 0 spiro atoms. The molecule has 2 amide bonds. The van der Waals surface area contributed by atoms with Crippen LogP contribution in [0.3, 0.4) is 0 Å². The summed E-state index contributed by atoms with van der Waals surface area (Å²) >= 11 is 0. The first-order valence-corrected chi connectivity index (χ1v) is 4.20. The first-order valence-electron chi connectivity index (χ1n) is 4.20. The molecule has 1 aromatic rings. The Bertz CT molecular complexity index is 406. The molecule has 75 valence electrons. The Morgan fingerprint density at radius 3 is 2.13 bits per heavy atom. The Labute approximate surface area is 85.2 Å². The smallest absolute Gasteiger partial charge is 0.419 e. The van der Waals surface area contributed by atoms with Gasteiger partial charge in [-0.1, -0.05) is 12.1 Å². The molecule has 1 aromatic carbocycles. The number of fused-ring (bicyclic) bond motifs is 1. The van der Waals surface area contributed by atoms with Gasteiger partial charge in [0.1, 0.15) is 0 Å². The summed E-state index contributed by atoms with van der Waals surface area (Å²) in [5.41, 5.74) is 0.661. The number of benzene rings is 1. The lowest BCUT2D eigenvalue weighted by Gasteiger charge is -2.10. The van der Waals surface area contributed by atoms with Crippen molar-refractivity contribution < 1.29 is 19.1 Å². The highest BCUT2D eigenvalue weighted by Gasteiger charge is 2.35. The summed E-state index contributed by atoms with van der Waals surface area (Å²) in [4.78, 5) is 33.9. The van der Waals surface area contributed by atoms with Crippen LogP contribution in [0.15, 0.2) is 24.3 Å². The first kappa shape index (κ1) is 9.39. The fraction of sp³-hybridized carbons (Fsp3) is 0.100. The number of hydrogen-bond donors (Lipinski definition) is 0. The van der Waals surface area contributed by atoms with Crippen molar-refractivity contribution in [2.24, 2.45) is 0 Å². The number of hydrogen-bond acceptors (Lipinski definition) is 4. The molecule has 0 saturated carbocycles. The molecule has 1 radical (unpaired) electrons. The summed E-state index contributed by atoms with van der Waals surface area (Å²) in [5, 5.41) is 0. The van der Waals surface area contributed by atoms with Gasteiger partial charge in [0.15, 0.2) is 6.73 Å². The lowest BCUT2D eigenvalue weighted by molar-refractivity contribution is 0.0503. The summed E-state index contributed by atoms with van der Waals surface area (Å²) in [6.07, 6.45) is 0. The van der Waals surface area contributed by atoms with E-state index in [0.717, 1.165) is 4.90 Å². The molecule has 15 heavy (non-hydrogen) atoms. The molecule has 1 aliphatic rings. The van der Waals surface area contributed by atoms with E-state index in [9.17, 15) is 14.4 Å². The highest BCUT2D eigenvalue weighted by Crippen LogP contribution is 2.21. The van der Waals surface area contributed by atoms with Crippen LogP contribution in [-0.2, 0) is 9.53 Å². The predicted molar refractivity (Wildman–Crippen MR) is 48.6 cm³/mol. The third-order valence-corrected chi connectivity index (χ3v) is 2.13. The molecule has 0 fully saturated rings. The largest absolute Gasteiger partial charge is 0.435 e. The Hall–Kier alpha value is -2.17. The molecule has 0 bridgehead atoms. The van der Waals surface area contributed by atoms with Crippen LogP contribution in [0.4, 0.5) is 0 Å². The number of carbonyl (C=O) groups is 2. The third kappa shape index (κ3) is 1.38. The second-order valence-electron chi connectivity index (χ2n) is 2.94. The summed E-state index contributed by atoms with van der Waals surface area (Å²) < 4.78 is 4.27. The van der Waals surface area contributed by atoms with E-state index < -0.39 is 18.5 Å². The van der Waals surface area contributed by atoms with Crippen molar-refractivity contribution in [3.8, 4) is 0 Å². The van der Waals surface area contributed by atoms with Crippen LogP contribution in [0.1, 0.15) is 20.7 Å². The number of imide groups is 1. The van der Waals surface area contributed by atoms with E-state index in [1.54, 1.807) is 24.3 Å². The van der Waals surface area contributed by atoms with Gasteiger partial charge in [0, 0.05) is 0 Å². The predicted octanol–water partition coefficient (Wildman–Crippen LogP) is 0.324. The highest BCUT2D eigenvalue weighted by atomic mass is 16.5. The highest BCUT2D eigenvalue weighted by molar-refractivity contribution is 6.21. The fourth-order valence-electron chi connectivity index (χ4n) is 1.45. The van der Waals surface area contributed by atoms with Gasteiger partial charge in [-0.15, -0.1) is 0 Å². The van der Waals surface area contributed by atoms with Gasteiger partial charge in [-0.25, -0.2) is 9.69 Å². The van der Waals surface area contributed by atoms with Gasteiger partial charge in [0.05, 0.1) is 11.1 Å². The monoisotopic (exact) mass is 204 g/mol. The lowest BCUT2D eigenvalue weighted by atomic mass is 10.1. The zero-order chi connectivity index (χ0) is 10.8. The normalized spacial score (nSPS) is 14.0. The molecule has 1 heterocycles. The minimum absolute atomic E-state index is 0.331. The molecule has 5 heteroatoms. The average molecular weight is 204 g/mol. The Balaban J connectivity index is 2.32. The van der Waals surface area contributed by atoms with Crippen molar-refractivity contribution in [3.05, 3.63) is 35.4 Å². The van der Waals surface area contributed by atoms with Gasteiger partial charge < -0.3 is 4.74 Å². The third-order valence-electron chi connectivity index (χ3n) is 2.13. The molecule has 0 N–H and O–H groups in total. The van der Waals surface area contributed by atoms with Crippen molar-refractivity contribution >= 4 is 18.3 Å². The van der Waals surface area contributed by atoms with E-state index >= 15 is 0 Å². The lowest BCUT2D eigenvalue weighted by Crippen LogP contribution is -2.31. The first-order chi connectivity index (χ1) is 7.25. The maximum absolute atomic E-state index is 11.6. The SMILES string of the molecule is O=[C]OCN1C(=O)c2ccccc2C1=O. The van der Waals surface area contributed by atoms with Gasteiger partial charge in [-0.05, 0) is 12.1 Å². The summed E-state index contributed by atoms with van der Waals surface area (Å²) in [5.74, 6) is -0.906. The van der Waals surface area contributed by atoms with Crippen LogP contribution in [0.2, 0.25) is 0 Å². The molecule has 0 unspecified atom stereocenters. The summed E-state index contributed by atoms with van der Waals surface area (Å²) in [7, 11) is 0. The minimum Gasteiger partial charge on any atom is -0.435 e. The number of rotatable bonds is 3. The van der Waals surface area contributed by atoms with E-state index in [-0.39, 0.29) is 0 Å². The maximum atomic E-state index is 11.6. The quantitative estimate of drug-likeness (QED) is 0.665. The molecular formula is C10H6NO4. The second kappa shape index (κ2) is 3.53. The number of amides is 2. The molecule has 0 aliphatic carbocycles. The van der Waals surface area contributed by atoms with E-state index in [1.165, 1.54) is 6.47 Å². The maximum Gasteiger partial charge on any atom is 0.419 e.